The van der Waals surface area contributed by atoms with Gasteiger partial charge in [0.15, 0.2) is 0 Å². The monoisotopic (exact) mass is 155 g/mol. The highest BCUT2D eigenvalue weighted by Crippen LogP contribution is 2.19. The van der Waals surface area contributed by atoms with Crippen LogP contribution in [0.2, 0.25) is 0 Å². The summed E-state index contributed by atoms with van der Waals surface area (Å²) < 4.78 is 0. The molecule has 0 heterocycles. The molecule has 3 nitrogen and oxygen atoms in total. The predicted molar refractivity (Wildman–Crippen MR) is 42.1 cm³/mol. The Bertz CT molecular complexity index is 177. The van der Waals surface area contributed by atoms with E-state index in [0.29, 0.717) is 0 Å². The first-order valence-electron chi connectivity index (χ1n) is 3.87. The van der Waals surface area contributed by atoms with Gasteiger partial charge in [-0.2, -0.15) is 0 Å². The van der Waals surface area contributed by atoms with Crippen LogP contribution in [0.15, 0.2) is 12.2 Å². The van der Waals surface area contributed by atoms with E-state index in [2.05, 4.69) is 0 Å². The molecule has 1 aliphatic rings. The topological polar surface area (TPSA) is 63.3 Å². The Hall–Kier alpha value is -0.830. The fourth-order valence-corrected chi connectivity index (χ4v) is 1.32. The summed E-state index contributed by atoms with van der Waals surface area (Å²) in [5.41, 5.74) is 5.44. The van der Waals surface area contributed by atoms with Crippen molar-refractivity contribution >= 4 is 5.97 Å². The van der Waals surface area contributed by atoms with E-state index < -0.39 is 12.0 Å². The van der Waals surface area contributed by atoms with Gasteiger partial charge in [-0.25, -0.2) is 0 Å². The van der Waals surface area contributed by atoms with Crippen LogP contribution in [0.25, 0.3) is 0 Å². The van der Waals surface area contributed by atoms with Crippen LogP contribution in [-0.4, -0.2) is 17.1 Å². The zero-order valence-electron chi connectivity index (χ0n) is 6.36. The Morgan fingerprint density at radius 2 is 2.45 bits per heavy atom. The minimum atomic E-state index is -0.901. The first-order chi connectivity index (χ1) is 5.22. The summed E-state index contributed by atoms with van der Waals surface area (Å²) in [6.07, 6.45) is 6.95. The van der Waals surface area contributed by atoms with Crippen molar-refractivity contribution in [2.45, 2.75) is 25.3 Å². The fraction of sp³-hybridized carbons (Fsp3) is 0.625. The quantitative estimate of drug-likeness (QED) is 0.578. The lowest BCUT2D eigenvalue weighted by molar-refractivity contribution is -0.139. The van der Waals surface area contributed by atoms with E-state index in [9.17, 15) is 4.79 Å². The maximum Gasteiger partial charge on any atom is 0.321 e. The van der Waals surface area contributed by atoms with Crippen molar-refractivity contribution in [1.29, 1.82) is 0 Å². The summed E-state index contributed by atoms with van der Waals surface area (Å²) in [5, 5.41) is 8.58. The molecule has 0 radical (unpaired) electrons. The number of carbonyl (C=O) groups is 1. The van der Waals surface area contributed by atoms with Crippen molar-refractivity contribution in [1.82, 2.24) is 0 Å². The molecule has 0 bridgehead atoms. The highest BCUT2D eigenvalue weighted by Gasteiger charge is 2.22. The van der Waals surface area contributed by atoms with Gasteiger partial charge in [-0.1, -0.05) is 12.2 Å². The summed E-state index contributed by atoms with van der Waals surface area (Å²) >= 11 is 0. The van der Waals surface area contributed by atoms with E-state index in [1.807, 2.05) is 12.2 Å². The average Bonchev–Trinajstić information content (AvgIpc) is 2.05. The number of carboxylic acid groups (broad SMARTS) is 1. The second kappa shape index (κ2) is 3.53. The first kappa shape index (κ1) is 8.27. The minimum Gasteiger partial charge on any atom is -0.480 e. The van der Waals surface area contributed by atoms with Crippen molar-refractivity contribution in [2.75, 3.05) is 0 Å². The molecule has 0 saturated heterocycles. The van der Waals surface area contributed by atoms with Gasteiger partial charge in [-0.05, 0) is 19.3 Å². The Morgan fingerprint density at radius 3 is 2.91 bits per heavy atom. The molecule has 0 spiro atoms. The average molecular weight is 155 g/mol. The van der Waals surface area contributed by atoms with Gasteiger partial charge < -0.3 is 10.8 Å². The Morgan fingerprint density at radius 1 is 1.73 bits per heavy atom. The van der Waals surface area contributed by atoms with Gasteiger partial charge in [0.05, 0.1) is 0 Å². The summed E-state index contributed by atoms with van der Waals surface area (Å²) in [6.45, 7) is 0. The van der Waals surface area contributed by atoms with Crippen molar-refractivity contribution in [3.8, 4) is 0 Å². The number of aliphatic carboxylic acids is 1. The molecule has 1 aliphatic carbocycles. The molecular formula is C8H13NO2. The van der Waals surface area contributed by atoms with E-state index in [1.54, 1.807) is 0 Å². The van der Waals surface area contributed by atoms with Crippen LogP contribution in [-0.2, 0) is 4.79 Å². The van der Waals surface area contributed by atoms with Crippen molar-refractivity contribution in [3.05, 3.63) is 12.2 Å². The van der Waals surface area contributed by atoms with Gasteiger partial charge in [0.25, 0.3) is 0 Å². The standard InChI is InChI=1S/C8H13NO2/c9-7(8(10)11)6-4-2-1-3-5-6/h2,4,6-7H,1,3,5,9H2,(H,10,11)/t6-,7-/m1/s1. The SMILES string of the molecule is N[C@@H](C(=O)O)[C@@H]1C=CCCC1. The zero-order valence-corrected chi connectivity index (χ0v) is 6.36. The van der Waals surface area contributed by atoms with Gasteiger partial charge in [0, 0.05) is 5.92 Å². The lowest BCUT2D eigenvalue weighted by Gasteiger charge is -2.19. The van der Waals surface area contributed by atoms with Gasteiger partial charge in [-0.15, -0.1) is 0 Å². The maximum absolute atomic E-state index is 10.4. The Balaban J connectivity index is 2.52. The maximum atomic E-state index is 10.4. The third kappa shape index (κ3) is 2.05. The van der Waals surface area contributed by atoms with E-state index in [4.69, 9.17) is 10.8 Å². The second-order valence-corrected chi connectivity index (χ2v) is 2.89. The molecule has 0 saturated carbocycles. The molecular weight excluding hydrogens is 142 g/mol. The number of hydrogen-bond donors (Lipinski definition) is 2. The Kier molecular flexibility index (Phi) is 2.65. The van der Waals surface area contributed by atoms with E-state index in [0.717, 1.165) is 19.3 Å². The van der Waals surface area contributed by atoms with Gasteiger partial charge in [0.1, 0.15) is 6.04 Å². The van der Waals surface area contributed by atoms with Gasteiger partial charge >= 0.3 is 5.97 Å². The van der Waals surface area contributed by atoms with Crippen LogP contribution < -0.4 is 5.73 Å². The van der Waals surface area contributed by atoms with Crippen LogP contribution >= 0.6 is 0 Å². The van der Waals surface area contributed by atoms with Crippen LogP contribution in [0.3, 0.4) is 0 Å². The molecule has 3 heteroatoms. The largest absolute Gasteiger partial charge is 0.480 e. The highest BCUT2D eigenvalue weighted by atomic mass is 16.4. The minimum absolute atomic E-state index is 0.0428. The summed E-state index contributed by atoms with van der Waals surface area (Å²) in [6, 6.07) is -0.716. The molecule has 11 heavy (non-hydrogen) atoms. The molecule has 62 valence electrons. The Labute approximate surface area is 65.9 Å². The summed E-state index contributed by atoms with van der Waals surface area (Å²) in [5.74, 6) is -0.859. The molecule has 0 aromatic heterocycles. The number of allylic oxidation sites excluding steroid dienone is 1. The molecule has 0 aromatic carbocycles. The molecule has 0 aromatic rings. The van der Waals surface area contributed by atoms with Crippen LogP contribution in [0.1, 0.15) is 19.3 Å². The summed E-state index contributed by atoms with van der Waals surface area (Å²) in [7, 11) is 0. The summed E-state index contributed by atoms with van der Waals surface area (Å²) in [4.78, 5) is 10.4. The van der Waals surface area contributed by atoms with Crippen LogP contribution in [0.5, 0.6) is 0 Å². The molecule has 1 rings (SSSR count). The molecule has 3 N–H and O–H groups in total. The third-order valence-corrected chi connectivity index (χ3v) is 2.04. The molecule has 2 atom stereocenters. The molecule has 0 aliphatic heterocycles. The molecule has 0 amide bonds. The van der Waals surface area contributed by atoms with Gasteiger partial charge in [0.2, 0.25) is 0 Å². The van der Waals surface area contributed by atoms with E-state index >= 15 is 0 Å². The van der Waals surface area contributed by atoms with Gasteiger partial charge in [-0.3, -0.25) is 4.79 Å². The highest BCUT2D eigenvalue weighted by molar-refractivity contribution is 5.73. The number of rotatable bonds is 2. The van der Waals surface area contributed by atoms with E-state index in [-0.39, 0.29) is 5.92 Å². The number of nitrogens with two attached hydrogens (primary N) is 1. The third-order valence-electron chi connectivity index (χ3n) is 2.04. The number of carboxylic acids is 1. The van der Waals surface area contributed by atoms with Crippen LogP contribution in [0, 0.1) is 5.92 Å². The lowest BCUT2D eigenvalue weighted by Crippen LogP contribution is -2.37. The normalized spacial score (nSPS) is 26.5. The molecule has 0 unspecified atom stereocenters. The smallest absolute Gasteiger partial charge is 0.321 e. The second-order valence-electron chi connectivity index (χ2n) is 2.89. The van der Waals surface area contributed by atoms with Crippen molar-refractivity contribution < 1.29 is 9.90 Å². The zero-order chi connectivity index (χ0) is 8.27. The predicted octanol–water partition coefficient (Wildman–Crippen LogP) is 0.755. The number of hydrogen-bond acceptors (Lipinski definition) is 2. The lowest BCUT2D eigenvalue weighted by atomic mass is 9.90. The van der Waals surface area contributed by atoms with Crippen molar-refractivity contribution in [2.24, 2.45) is 11.7 Å². The first-order valence-corrected chi connectivity index (χ1v) is 3.87. The van der Waals surface area contributed by atoms with Crippen LogP contribution in [0.4, 0.5) is 0 Å². The fourth-order valence-electron chi connectivity index (χ4n) is 1.32. The molecule has 0 fully saturated rings. The van der Waals surface area contributed by atoms with Crippen molar-refractivity contribution in [3.63, 3.8) is 0 Å². The van der Waals surface area contributed by atoms with E-state index in [1.165, 1.54) is 0 Å².